The zero-order valence-electron chi connectivity index (χ0n) is 7.90. The molecule has 1 fully saturated rings. The maximum absolute atomic E-state index is 9.10. The Kier molecular flexibility index (Phi) is 3.46. The van der Waals surface area contributed by atoms with Crippen molar-refractivity contribution < 1.29 is 5.11 Å². The quantitative estimate of drug-likeness (QED) is 0.539. The van der Waals surface area contributed by atoms with Gasteiger partial charge in [-0.05, 0) is 13.8 Å². The maximum atomic E-state index is 9.10. The SMILES string of the molecule is CC(C)N1CCN(N)CC1CO. The molecule has 1 rings (SSSR count). The van der Waals surface area contributed by atoms with Gasteiger partial charge in [0.25, 0.3) is 0 Å². The van der Waals surface area contributed by atoms with E-state index in [1.54, 1.807) is 5.01 Å². The van der Waals surface area contributed by atoms with Crippen LogP contribution in [0.5, 0.6) is 0 Å². The Morgan fingerprint density at radius 2 is 2.17 bits per heavy atom. The van der Waals surface area contributed by atoms with Gasteiger partial charge in [0.1, 0.15) is 0 Å². The molecule has 1 aliphatic rings. The molecule has 1 atom stereocenters. The van der Waals surface area contributed by atoms with Crippen molar-refractivity contribution in [3.8, 4) is 0 Å². The average Bonchev–Trinajstić information content (AvgIpc) is 2.03. The molecule has 0 bridgehead atoms. The first kappa shape index (κ1) is 9.92. The highest BCUT2D eigenvalue weighted by molar-refractivity contribution is 4.81. The lowest BCUT2D eigenvalue weighted by atomic mass is 10.1. The first-order valence-electron chi connectivity index (χ1n) is 4.51. The summed E-state index contributed by atoms with van der Waals surface area (Å²) in [4.78, 5) is 2.30. The second-order valence-electron chi connectivity index (χ2n) is 3.66. The summed E-state index contributed by atoms with van der Waals surface area (Å²) in [5.41, 5.74) is 0. The first-order chi connectivity index (χ1) is 5.65. The monoisotopic (exact) mass is 173 g/mol. The topological polar surface area (TPSA) is 52.7 Å². The summed E-state index contributed by atoms with van der Waals surface area (Å²) < 4.78 is 0. The summed E-state index contributed by atoms with van der Waals surface area (Å²) in [5, 5.41) is 10.9. The largest absolute Gasteiger partial charge is 0.395 e. The van der Waals surface area contributed by atoms with E-state index in [4.69, 9.17) is 10.9 Å². The van der Waals surface area contributed by atoms with Crippen LogP contribution in [-0.4, -0.2) is 53.3 Å². The Morgan fingerprint density at radius 1 is 1.50 bits per heavy atom. The van der Waals surface area contributed by atoms with E-state index in [1.165, 1.54) is 0 Å². The van der Waals surface area contributed by atoms with Gasteiger partial charge in [-0.15, -0.1) is 0 Å². The van der Waals surface area contributed by atoms with Gasteiger partial charge in [-0.25, -0.2) is 5.01 Å². The smallest absolute Gasteiger partial charge is 0.0600 e. The molecule has 0 amide bonds. The maximum Gasteiger partial charge on any atom is 0.0600 e. The molecule has 0 radical (unpaired) electrons. The first-order valence-corrected chi connectivity index (χ1v) is 4.51. The molecule has 4 nitrogen and oxygen atoms in total. The fourth-order valence-electron chi connectivity index (χ4n) is 1.74. The van der Waals surface area contributed by atoms with Crippen molar-refractivity contribution in [1.29, 1.82) is 0 Å². The molecule has 1 heterocycles. The van der Waals surface area contributed by atoms with Crippen LogP contribution in [0.15, 0.2) is 0 Å². The predicted octanol–water partition coefficient (Wildman–Crippen LogP) is -0.753. The Bertz CT molecular complexity index is 140. The third kappa shape index (κ3) is 2.17. The number of rotatable bonds is 2. The number of nitrogens with zero attached hydrogens (tertiary/aromatic N) is 2. The number of nitrogens with two attached hydrogens (primary N) is 1. The van der Waals surface area contributed by atoms with E-state index >= 15 is 0 Å². The Morgan fingerprint density at radius 3 is 2.67 bits per heavy atom. The number of hydrogen-bond acceptors (Lipinski definition) is 4. The van der Waals surface area contributed by atoms with Gasteiger partial charge >= 0.3 is 0 Å². The predicted molar refractivity (Wildman–Crippen MR) is 48.5 cm³/mol. The van der Waals surface area contributed by atoms with Gasteiger partial charge in [0, 0.05) is 31.7 Å². The molecule has 0 spiro atoms. The molecule has 12 heavy (non-hydrogen) atoms. The second-order valence-corrected chi connectivity index (χ2v) is 3.66. The van der Waals surface area contributed by atoms with Crippen LogP contribution in [0, 0.1) is 0 Å². The van der Waals surface area contributed by atoms with Crippen LogP contribution in [0.1, 0.15) is 13.8 Å². The summed E-state index contributed by atoms with van der Waals surface area (Å²) in [6.45, 7) is 7.12. The summed E-state index contributed by atoms with van der Waals surface area (Å²) in [6.07, 6.45) is 0. The molecule has 0 aliphatic carbocycles. The molecule has 72 valence electrons. The fraction of sp³-hybridized carbons (Fsp3) is 1.00. The number of aliphatic hydroxyl groups excluding tert-OH is 1. The minimum atomic E-state index is 0.200. The van der Waals surface area contributed by atoms with E-state index in [0.29, 0.717) is 6.04 Å². The third-order valence-corrected chi connectivity index (χ3v) is 2.43. The highest BCUT2D eigenvalue weighted by atomic mass is 16.3. The molecule has 3 N–H and O–H groups in total. The Balaban J connectivity index is 2.50. The summed E-state index contributed by atoms with van der Waals surface area (Å²) in [5.74, 6) is 5.66. The van der Waals surface area contributed by atoms with Gasteiger partial charge in [-0.3, -0.25) is 10.7 Å². The second kappa shape index (κ2) is 4.18. The molecule has 0 aromatic carbocycles. The highest BCUT2D eigenvalue weighted by Crippen LogP contribution is 2.10. The van der Waals surface area contributed by atoms with Crippen LogP contribution < -0.4 is 5.84 Å². The summed E-state index contributed by atoms with van der Waals surface area (Å²) >= 11 is 0. The van der Waals surface area contributed by atoms with Crippen molar-refractivity contribution in [3.05, 3.63) is 0 Å². The van der Waals surface area contributed by atoms with Gasteiger partial charge in [0.05, 0.1) is 6.61 Å². The van der Waals surface area contributed by atoms with E-state index in [2.05, 4.69) is 18.7 Å². The van der Waals surface area contributed by atoms with Crippen LogP contribution >= 0.6 is 0 Å². The van der Waals surface area contributed by atoms with Crippen molar-refractivity contribution in [1.82, 2.24) is 9.91 Å². The zero-order chi connectivity index (χ0) is 9.14. The third-order valence-electron chi connectivity index (χ3n) is 2.43. The molecule has 0 aromatic heterocycles. The summed E-state index contributed by atoms with van der Waals surface area (Å²) in [6, 6.07) is 0.708. The molecule has 1 unspecified atom stereocenters. The van der Waals surface area contributed by atoms with Crippen LogP contribution in [0.3, 0.4) is 0 Å². The van der Waals surface area contributed by atoms with Crippen molar-refractivity contribution >= 4 is 0 Å². The van der Waals surface area contributed by atoms with Crippen molar-refractivity contribution in [2.75, 3.05) is 26.2 Å². The standard InChI is InChI=1S/C8H19N3O/c1-7(2)11-4-3-10(9)5-8(11)6-12/h7-8,12H,3-6,9H2,1-2H3. The molecule has 4 heteroatoms. The van der Waals surface area contributed by atoms with E-state index < -0.39 is 0 Å². The zero-order valence-corrected chi connectivity index (χ0v) is 7.90. The number of hydrazine groups is 1. The fourth-order valence-corrected chi connectivity index (χ4v) is 1.74. The van der Waals surface area contributed by atoms with E-state index in [0.717, 1.165) is 19.6 Å². The van der Waals surface area contributed by atoms with Crippen molar-refractivity contribution in [2.24, 2.45) is 5.84 Å². The van der Waals surface area contributed by atoms with Gasteiger partial charge in [0.2, 0.25) is 0 Å². The van der Waals surface area contributed by atoms with Gasteiger partial charge in [-0.2, -0.15) is 0 Å². The van der Waals surface area contributed by atoms with E-state index in [1.807, 2.05) is 0 Å². The van der Waals surface area contributed by atoms with Gasteiger partial charge < -0.3 is 5.11 Å². The Hall–Kier alpha value is -0.160. The van der Waals surface area contributed by atoms with Gasteiger partial charge in [0.15, 0.2) is 0 Å². The molecule has 1 aliphatic heterocycles. The van der Waals surface area contributed by atoms with Crippen LogP contribution in [-0.2, 0) is 0 Å². The van der Waals surface area contributed by atoms with Crippen LogP contribution in [0.25, 0.3) is 0 Å². The van der Waals surface area contributed by atoms with Crippen molar-refractivity contribution in [2.45, 2.75) is 25.9 Å². The molecule has 0 saturated carbocycles. The van der Waals surface area contributed by atoms with Crippen LogP contribution in [0.4, 0.5) is 0 Å². The normalized spacial score (nSPS) is 28.2. The lowest BCUT2D eigenvalue weighted by Crippen LogP contribution is -2.58. The lowest BCUT2D eigenvalue weighted by Gasteiger charge is -2.41. The minimum Gasteiger partial charge on any atom is -0.395 e. The molecular formula is C8H19N3O. The van der Waals surface area contributed by atoms with Gasteiger partial charge in [-0.1, -0.05) is 0 Å². The van der Waals surface area contributed by atoms with Crippen LogP contribution in [0.2, 0.25) is 0 Å². The number of hydrogen-bond donors (Lipinski definition) is 2. The molecule has 0 aromatic rings. The van der Waals surface area contributed by atoms with Crippen molar-refractivity contribution in [3.63, 3.8) is 0 Å². The number of piperazine rings is 1. The molecular weight excluding hydrogens is 154 g/mol. The van der Waals surface area contributed by atoms with E-state index in [9.17, 15) is 0 Å². The minimum absolute atomic E-state index is 0.200. The average molecular weight is 173 g/mol. The lowest BCUT2D eigenvalue weighted by molar-refractivity contribution is 0.0207. The number of aliphatic hydroxyl groups is 1. The molecule has 1 saturated heterocycles. The van der Waals surface area contributed by atoms with E-state index in [-0.39, 0.29) is 12.6 Å². The Labute approximate surface area is 73.9 Å². The highest BCUT2D eigenvalue weighted by Gasteiger charge is 2.26. The summed E-state index contributed by atoms with van der Waals surface area (Å²) in [7, 11) is 0.